The van der Waals surface area contributed by atoms with E-state index in [1.165, 1.54) is 18.4 Å². The molecule has 1 aromatic rings. The van der Waals surface area contributed by atoms with Crippen molar-refractivity contribution in [3.8, 4) is 0 Å². The molecule has 1 saturated heterocycles. The van der Waals surface area contributed by atoms with Gasteiger partial charge in [-0.05, 0) is 43.2 Å². The molecule has 0 radical (unpaired) electrons. The summed E-state index contributed by atoms with van der Waals surface area (Å²) in [5.74, 6) is 0.701. The first kappa shape index (κ1) is 13.6. The molecule has 2 fully saturated rings. The lowest BCUT2D eigenvalue weighted by atomic mass is 9.97. The normalized spacial score (nSPS) is 23.4. The molecule has 0 aromatic heterocycles. The molecule has 1 N–H and O–H groups in total. The Balaban J connectivity index is 1.83. The second-order valence-electron chi connectivity index (χ2n) is 6.34. The van der Waals surface area contributed by atoms with Crippen LogP contribution in [0.5, 0.6) is 0 Å². The molecule has 3 nitrogen and oxygen atoms in total. The van der Waals surface area contributed by atoms with Gasteiger partial charge in [0, 0.05) is 18.3 Å². The predicted molar refractivity (Wildman–Crippen MR) is 82.1 cm³/mol. The van der Waals surface area contributed by atoms with E-state index in [0.717, 1.165) is 25.1 Å². The second kappa shape index (κ2) is 5.57. The highest BCUT2D eigenvalue weighted by Gasteiger charge is 2.34. The van der Waals surface area contributed by atoms with Crippen molar-refractivity contribution in [3.63, 3.8) is 0 Å². The van der Waals surface area contributed by atoms with E-state index >= 15 is 0 Å². The van der Waals surface area contributed by atoms with Crippen LogP contribution in [0.2, 0.25) is 0 Å². The van der Waals surface area contributed by atoms with Crippen molar-refractivity contribution in [1.82, 2.24) is 5.32 Å². The van der Waals surface area contributed by atoms with Crippen LogP contribution in [-0.4, -0.2) is 24.5 Å². The lowest BCUT2D eigenvalue weighted by Gasteiger charge is -2.34. The van der Waals surface area contributed by atoms with Crippen LogP contribution in [0.3, 0.4) is 0 Å². The van der Waals surface area contributed by atoms with Crippen LogP contribution in [0, 0.1) is 0 Å². The number of anilines is 1. The summed E-state index contributed by atoms with van der Waals surface area (Å²) in [4.78, 5) is 14.7. The van der Waals surface area contributed by atoms with E-state index in [9.17, 15) is 4.79 Å². The van der Waals surface area contributed by atoms with Crippen molar-refractivity contribution in [2.24, 2.45) is 0 Å². The summed E-state index contributed by atoms with van der Waals surface area (Å²) in [6.07, 6.45) is 4.52. The molecule has 1 unspecified atom stereocenters. The maximum atomic E-state index is 12.7. The molecule has 1 aliphatic carbocycles. The SMILES string of the molecule is CC(C)c1ccccc1N1CCCC(NC2CC2)C1=O. The van der Waals surface area contributed by atoms with Crippen LogP contribution in [0.4, 0.5) is 5.69 Å². The molecule has 1 amide bonds. The maximum absolute atomic E-state index is 12.7. The topological polar surface area (TPSA) is 32.3 Å². The molecular weight excluding hydrogens is 248 g/mol. The van der Waals surface area contributed by atoms with E-state index in [2.05, 4.69) is 37.4 Å². The van der Waals surface area contributed by atoms with Gasteiger partial charge in [0.2, 0.25) is 5.91 Å². The quantitative estimate of drug-likeness (QED) is 0.913. The van der Waals surface area contributed by atoms with Gasteiger partial charge in [0.15, 0.2) is 0 Å². The molecule has 20 heavy (non-hydrogen) atoms. The molecule has 1 saturated carbocycles. The smallest absolute Gasteiger partial charge is 0.244 e. The number of carbonyl (C=O) groups is 1. The molecule has 108 valence electrons. The molecule has 2 aliphatic rings. The van der Waals surface area contributed by atoms with Gasteiger partial charge >= 0.3 is 0 Å². The predicted octanol–water partition coefficient (Wildman–Crippen LogP) is 3.06. The van der Waals surface area contributed by atoms with Gasteiger partial charge in [0.1, 0.15) is 0 Å². The van der Waals surface area contributed by atoms with Crippen molar-refractivity contribution in [1.29, 1.82) is 0 Å². The summed E-state index contributed by atoms with van der Waals surface area (Å²) in [6.45, 7) is 5.23. The molecule has 1 aromatic carbocycles. The Morgan fingerprint density at radius 2 is 1.95 bits per heavy atom. The number of nitrogens with one attached hydrogen (secondary N) is 1. The van der Waals surface area contributed by atoms with Crippen LogP contribution in [0.1, 0.15) is 51.0 Å². The minimum Gasteiger partial charge on any atom is -0.311 e. The Morgan fingerprint density at radius 1 is 1.20 bits per heavy atom. The summed E-state index contributed by atoms with van der Waals surface area (Å²) in [5.41, 5.74) is 2.38. The van der Waals surface area contributed by atoms with Gasteiger partial charge in [-0.25, -0.2) is 0 Å². The number of carbonyl (C=O) groups excluding carboxylic acids is 1. The van der Waals surface area contributed by atoms with Crippen LogP contribution >= 0.6 is 0 Å². The number of benzene rings is 1. The first-order valence-corrected chi connectivity index (χ1v) is 7.83. The third-order valence-electron chi connectivity index (χ3n) is 4.30. The van der Waals surface area contributed by atoms with E-state index in [0.29, 0.717) is 12.0 Å². The molecule has 1 aliphatic heterocycles. The number of piperidine rings is 1. The lowest BCUT2D eigenvalue weighted by Crippen LogP contribution is -2.51. The first-order valence-electron chi connectivity index (χ1n) is 7.83. The first-order chi connectivity index (χ1) is 9.66. The van der Waals surface area contributed by atoms with Crippen LogP contribution in [0.15, 0.2) is 24.3 Å². The Bertz CT molecular complexity index is 494. The van der Waals surface area contributed by atoms with Crippen molar-refractivity contribution in [3.05, 3.63) is 29.8 Å². The lowest BCUT2D eigenvalue weighted by molar-refractivity contribution is -0.121. The highest BCUT2D eigenvalue weighted by atomic mass is 16.2. The zero-order valence-corrected chi connectivity index (χ0v) is 12.4. The molecule has 0 bridgehead atoms. The zero-order valence-electron chi connectivity index (χ0n) is 12.4. The average Bonchev–Trinajstić information content (AvgIpc) is 3.25. The molecule has 0 spiro atoms. The van der Waals surface area contributed by atoms with Crippen LogP contribution < -0.4 is 10.2 Å². The highest BCUT2D eigenvalue weighted by Crippen LogP contribution is 2.31. The fourth-order valence-corrected chi connectivity index (χ4v) is 3.03. The molecule has 3 rings (SSSR count). The Hall–Kier alpha value is -1.35. The second-order valence-corrected chi connectivity index (χ2v) is 6.34. The number of hydrogen-bond donors (Lipinski definition) is 1. The van der Waals surface area contributed by atoms with Crippen molar-refractivity contribution in [2.75, 3.05) is 11.4 Å². The Kier molecular flexibility index (Phi) is 3.79. The van der Waals surface area contributed by atoms with Gasteiger partial charge in [-0.2, -0.15) is 0 Å². The Morgan fingerprint density at radius 3 is 2.65 bits per heavy atom. The van der Waals surface area contributed by atoms with E-state index in [4.69, 9.17) is 0 Å². The standard InChI is InChI=1S/C17H24N2O/c1-12(2)14-6-3-4-8-16(14)19-11-5-7-15(17(19)20)18-13-9-10-13/h3-4,6,8,12-13,15,18H,5,7,9-11H2,1-2H3. The van der Waals surface area contributed by atoms with Crippen LogP contribution in [0.25, 0.3) is 0 Å². The third kappa shape index (κ3) is 2.73. The number of para-hydroxylation sites is 1. The van der Waals surface area contributed by atoms with Gasteiger partial charge in [0.25, 0.3) is 0 Å². The molecule has 1 atom stereocenters. The molecule has 1 heterocycles. The molecular formula is C17H24N2O. The third-order valence-corrected chi connectivity index (χ3v) is 4.30. The van der Waals surface area contributed by atoms with E-state index in [-0.39, 0.29) is 11.9 Å². The summed E-state index contributed by atoms with van der Waals surface area (Å²) >= 11 is 0. The van der Waals surface area contributed by atoms with Crippen molar-refractivity contribution < 1.29 is 4.79 Å². The molecule has 3 heteroatoms. The summed E-state index contributed by atoms with van der Waals surface area (Å²) < 4.78 is 0. The monoisotopic (exact) mass is 272 g/mol. The number of nitrogens with zero attached hydrogens (tertiary/aromatic N) is 1. The summed E-state index contributed by atoms with van der Waals surface area (Å²) in [7, 11) is 0. The van der Waals surface area contributed by atoms with Gasteiger partial charge < -0.3 is 10.2 Å². The van der Waals surface area contributed by atoms with Crippen molar-refractivity contribution >= 4 is 11.6 Å². The zero-order chi connectivity index (χ0) is 14.1. The number of hydrogen-bond acceptors (Lipinski definition) is 2. The highest BCUT2D eigenvalue weighted by molar-refractivity contribution is 5.98. The minimum atomic E-state index is 0.0245. The van der Waals surface area contributed by atoms with Gasteiger partial charge in [-0.15, -0.1) is 0 Å². The van der Waals surface area contributed by atoms with E-state index in [1.807, 2.05) is 11.0 Å². The largest absolute Gasteiger partial charge is 0.311 e. The fraction of sp³-hybridized carbons (Fsp3) is 0.588. The number of amides is 1. The summed E-state index contributed by atoms with van der Waals surface area (Å²) in [5, 5.41) is 3.50. The fourth-order valence-electron chi connectivity index (χ4n) is 3.03. The van der Waals surface area contributed by atoms with Gasteiger partial charge in [0.05, 0.1) is 6.04 Å². The Labute approximate surface area is 121 Å². The summed E-state index contributed by atoms with van der Waals surface area (Å²) in [6, 6.07) is 8.94. The maximum Gasteiger partial charge on any atom is 0.244 e. The van der Waals surface area contributed by atoms with Gasteiger partial charge in [-0.3, -0.25) is 4.79 Å². The van der Waals surface area contributed by atoms with Gasteiger partial charge in [-0.1, -0.05) is 32.0 Å². The van der Waals surface area contributed by atoms with Crippen molar-refractivity contribution in [2.45, 2.75) is 57.5 Å². The van der Waals surface area contributed by atoms with Crippen LogP contribution in [-0.2, 0) is 4.79 Å². The number of rotatable bonds is 4. The van der Waals surface area contributed by atoms with E-state index < -0.39 is 0 Å². The average molecular weight is 272 g/mol. The van der Waals surface area contributed by atoms with E-state index in [1.54, 1.807) is 0 Å². The minimum absolute atomic E-state index is 0.0245.